The number of hydrogen-bond acceptors (Lipinski definition) is 2. The summed E-state index contributed by atoms with van der Waals surface area (Å²) in [5, 5.41) is 0. The molecule has 2 rings (SSSR count). The summed E-state index contributed by atoms with van der Waals surface area (Å²) < 4.78 is 11.5. The van der Waals surface area contributed by atoms with Crippen LogP contribution in [0.1, 0.15) is 31.7 Å². The van der Waals surface area contributed by atoms with Crippen molar-refractivity contribution in [3.63, 3.8) is 0 Å². The van der Waals surface area contributed by atoms with Gasteiger partial charge in [-0.3, -0.25) is 0 Å². The van der Waals surface area contributed by atoms with E-state index in [4.69, 9.17) is 9.47 Å². The molecule has 82 valence electrons. The van der Waals surface area contributed by atoms with Crippen molar-refractivity contribution in [2.24, 2.45) is 0 Å². The molecule has 1 aliphatic rings. The first-order valence-electron chi connectivity index (χ1n) is 5.69. The minimum Gasteiger partial charge on any atom is -0.490 e. The van der Waals surface area contributed by atoms with Gasteiger partial charge in [-0.05, 0) is 43.9 Å². The first-order valence-corrected chi connectivity index (χ1v) is 5.69. The maximum Gasteiger partial charge on any atom is 0.161 e. The lowest BCUT2D eigenvalue weighted by atomic mass is 10.2. The van der Waals surface area contributed by atoms with Gasteiger partial charge in [0.25, 0.3) is 0 Å². The first kappa shape index (κ1) is 10.3. The molecule has 2 nitrogen and oxygen atoms in total. The molecule has 15 heavy (non-hydrogen) atoms. The number of aryl methyl sites for hydroxylation is 1. The van der Waals surface area contributed by atoms with Crippen molar-refractivity contribution in [2.75, 3.05) is 6.61 Å². The van der Waals surface area contributed by atoms with Crippen molar-refractivity contribution in [3.05, 3.63) is 23.8 Å². The Kier molecular flexibility index (Phi) is 3.14. The second kappa shape index (κ2) is 4.56. The van der Waals surface area contributed by atoms with Gasteiger partial charge in [0.2, 0.25) is 0 Å². The Hall–Kier alpha value is -1.18. The molecule has 2 heteroatoms. The van der Waals surface area contributed by atoms with E-state index in [1.54, 1.807) is 0 Å². The summed E-state index contributed by atoms with van der Waals surface area (Å²) in [7, 11) is 0. The van der Waals surface area contributed by atoms with Gasteiger partial charge in [-0.1, -0.05) is 13.0 Å². The molecule has 0 bridgehead atoms. The Labute approximate surface area is 91.2 Å². The maximum absolute atomic E-state index is 5.78. The van der Waals surface area contributed by atoms with E-state index in [-0.39, 0.29) is 0 Å². The standard InChI is InChI=1S/C13H18O2/c1-3-8-14-13-9-10(2)4-7-12(13)15-11-5-6-11/h4,7,9,11H,3,5-6,8H2,1-2H3. The third-order valence-corrected chi connectivity index (χ3v) is 2.38. The summed E-state index contributed by atoms with van der Waals surface area (Å²) in [6, 6.07) is 6.13. The van der Waals surface area contributed by atoms with E-state index in [0.717, 1.165) is 24.5 Å². The summed E-state index contributed by atoms with van der Waals surface area (Å²) in [5.74, 6) is 1.79. The summed E-state index contributed by atoms with van der Waals surface area (Å²) >= 11 is 0. The van der Waals surface area contributed by atoms with Gasteiger partial charge in [-0.25, -0.2) is 0 Å². The molecule has 0 amide bonds. The normalized spacial score (nSPS) is 15.1. The fourth-order valence-electron chi connectivity index (χ4n) is 1.40. The Morgan fingerprint density at radius 1 is 1.27 bits per heavy atom. The fraction of sp³-hybridized carbons (Fsp3) is 0.538. The number of ether oxygens (including phenoxy) is 2. The van der Waals surface area contributed by atoms with Gasteiger partial charge in [0.05, 0.1) is 12.7 Å². The highest BCUT2D eigenvalue weighted by atomic mass is 16.5. The summed E-state index contributed by atoms with van der Waals surface area (Å²) in [5.41, 5.74) is 1.21. The topological polar surface area (TPSA) is 18.5 Å². The zero-order valence-corrected chi connectivity index (χ0v) is 9.45. The van der Waals surface area contributed by atoms with Crippen molar-refractivity contribution in [1.82, 2.24) is 0 Å². The fourth-order valence-corrected chi connectivity index (χ4v) is 1.40. The Morgan fingerprint density at radius 3 is 2.73 bits per heavy atom. The largest absolute Gasteiger partial charge is 0.490 e. The first-order chi connectivity index (χ1) is 7.29. The third kappa shape index (κ3) is 2.88. The van der Waals surface area contributed by atoms with Crippen molar-refractivity contribution in [3.8, 4) is 11.5 Å². The van der Waals surface area contributed by atoms with Gasteiger partial charge in [0, 0.05) is 0 Å². The van der Waals surface area contributed by atoms with Crippen LogP contribution in [0.25, 0.3) is 0 Å². The number of benzene rings is 1. The SMILES string of the molecule is CCCOc1cc(C)ccc1OC1CC1. The van der Waals surface area contributed by atoms with Crippen LogP contribution in [0.4, 0.5) is 0 Å². The Morgan fingerprint density at radius 2 is 2.07 bits per heavy atom. The minimum absolute atomic E-state index is 0.427. The summed E-state index contributed by atoms with van der Waals surface area (Å²) in [6.45, 7) is 4.93. The van der Waals surface area contributed by atoms with E-state index in [2.05, 4.69) is 19.9 Å². The van der Waals surface area contributed by atoms with E-state index in [9.17, 15) is 0 Å². The van der Waals surface area contributed by atoms with Gasteiger partial charge in [0.15, 0.2) is 11.5 Å². The molecule has 0 saturated heterocycles. The third-order valence-electron chi connectivity index (χ3n) is 2.38. The predicted octanol–water partition coefficient (Wildman–Crippen LogP) is 3.33. The molecule has 1 saturated carbocycles. The second-order valence-electron chi connectivity index (χ2n) is 4.12. The molecule has 0 N–H and O–H groups in total. The van der Waals surface area contributed by atoms with Gasteiger partial charge < -0.3 is 9.47 Å². The molecule has 0 radical (unpaired) electrons. The highest BCUT2D eigenvalue weighted by molar-refractivity contribution is 5.42. The van der Waals surface area contributed by atoms with E-state index in [0.29, 0.717) is 6.10 Å². The molecule has 0 aliphatic heterocycles. The summed E-state index contributed by atoms with van der Waals surface area (Å²) in [6.07, 6.45) is 3.82. The van der Waals surface area contributed by atoms with Crippen LogP contribution in [0.15, 0.2) is 18.2 Å². The van der Waals surface area contributed by atoms with Crippen LogP contribution >= 0.6 is 0 Å². The van der Waals surface area contributed by atoms with Crippen molar-refractivity contribution >= 4 is 0 Å². The molecule has 0 aromatic heterocycles. The van der Waals surface area contributed by atoms with E-state index >= 15 is 0 Å². The van der Waals surface area contributed by atoms with E-state index < -0.39 is 0 Å². The van der Waals surface area contributed by atoms with Gasteiger partial charge >= 0.3 is 0 Å². The number of rotatable bonds is 5. The molecule has 1 aliphatic carbocycles. The van der Waals surface area contributed by atoms with E-state index in [1.165, 1.54) is 18.4 Å². The molecular formula is C13H18O2. The van der Waals surface area contributed by atoms with Crippen LogP contribution in [0, 0.1) is 6.92 Å². The molecule has 0 spiro atoms. The van der Waals surface area contributed by atoms with Gasteiger partial charge in [-0.2, -0.15) is 0 Å². The molecule has 1 aromatic rings. The molecule has 1 aromatic carbocycles. The number of hydrogen-bond donors (Lipinski definition) is 0. The zero-order chi connectivity index (χ0) is 10.7. The maximum atomic E-state index is 5.78. The highest BCUT2D eigenvalue weighted by Gasteiger charge is 2.24. The van der Waals surface area contributed by atoms with Crippen molar-refractivity contribution in [2.45, 2.75) is 39.2 Å². The predicted molar refractivity (Wildman–Crippen MR) is 60.6 cm³/mol. The Balaban J connectivity index is 2.10. The highest BCUT2D eigenvalue weighted by Crippen LogP contribution is 2.34. The zero-order valence-electron chi connectivity index (χ0n) is 9.45. The van der Waals surface area contributed by atoms with Gasteiger partial charge in [0.1, 0.15) is 0 Å². The lowest BCUT2D eigenvalue weighted by Gasteiger charge is -2.12. The lowest BCUT2D eigenvalue weighted by molar-refractivity contribution is 0.260. The molecular weight excluding hydrogens is 188 g/mol. The molecule has 0 unspecified atom stereocenters. The Bertz CT molecular complexity index is 329. The van der Waals surface area contributed by atoms with Crippen LogP contribution in [0.2, 0.25) is 0 Å². The van der Waals surface area contributed by atoms with Crippen LogP contribution in [0.5, 0.6) is 11.5 Å². The van der Waals surface area contributed by atoms with Crippen LogP contribution in [-0.4, -0.2) is 12.7 Å². The quantitative estimate of drug-likeness (QED) is 0.735. The average molecular weight is 206 g/mol. The molecule has 0 heterocycles. The monoisotopic (exact) mass is 206 g/mol. The lowest BCUT2D eigenvalue weighted by Crippen LogP contribution is -2.01. The smallest absolute Gasteiger partial charge is 0.161 e. The van der Waals surface area contributed by atoms with Gasteiger partial charge in [-0.15, -0.1) is 0 Å². The molecule has 1 fully saturated rings. The van der Waals surface area contributed by atoms with Crippen molar-refractivity contribution < 1.29 is 9.47 Å². The summed E-state index contributed by atoms with van der Waals surface area (Å²) in [4.78, 5) is 0. The van der Waals surface area contributed by atoms with Crippen LogP contribution < -0.4 is 9.47 Å². The minimum atomic E-state index is 0.427. The second-order valence-corrected chi connectivity index (χ2v) is 4.12. The van der Waals surface area contributed by atoms with E-state index in [1.807, 2.05) is 12.1 Å². The molecule has 0 atom stereocenters. The van der Waals surface area contributed by atoms with Crippen LogP contribution in [-0.2, 0) is 0 Å². The van der Waals surface area contributed by atoms with Crippen molar-refractivity contribution in [1.29, 1.82) is 0 Å². The average Bonchev–Trinajstić information content (AvgIpc) is 3.02. The van der Waals surface area contributed by atoms with Crippen LogP contribution in [0.3, 0.4) is 0 Å².